The van der Waals surface area contributed by atoms with Crippen LogP contribution in [-0.2, 0) is 0 Å². The molecule has 3 rings (SSSR count). The molecule has 7 heteroatoms. The van der Waals surface area contributed by atoms with Gasteiger partial charge in [0.1, 0.15) is 5.75 Å². The molecule has 4 nitrogen and oxygen atoms in total. The maximum Gasteiger partial charge on any atom is 0.387 e. The third-order valence-corrected chi connectivity index (χ3v) is 3.69. The molecule has 3 aromatic rings. The lowest BCUT2D eigenvalue weighted by Crippen LogP contribution is -2.04. The van der Waals surface area contributed by atoms with Gasteiger partial charge in [-0.15, -0.1) is 0 Å². The molecule has 2 aromatic carbocycles. The molecule has 0 unspecified atom stereocenters. The number of fused-ring (bicyclic) bond motifs is 1. The second-order valence-corrected chi connectivity index (χ2v) is 5.28. The van der Waals surface area contributed by atoms with Crippen molar-refractivity contribution in [2.45, 2.75) is 6.61 Å². The first-order valence-corrected chi connectivity index (χ1v) is 6.90. The molecular weight excluding hydrogens is 296 g/mol. The number of nitrogen functional groups attached to an aromatic ring is 1. The SMILES string of the molecule is Nc1ccc2nc(Nc3ccccc3OC(F)F)sc2c1. The Labute approximate surface area is 123 Å². The zero-order chi connectivity index (χ0) is 14.8. The third kappa shape index (κ3) is 3.03. The molecule has 108 valence electrons. The largest absolute Gasteiger partial charge is 0.433 e. The number of hydrogen-bond donors (Lipinski definition) is 2. The summed E-state index contributed by atoms with van der Waals surface area (Å²) in [6, 6.07) is 11.9. The first-order chi connectivity index (χ1) is 10.1. The van der Waals surface area contributed by atoms with E-state index in [9.17, 15) is 8.78 Å². The summed E-state index contributed by atoms with van der Waals surface area (Å²) >= 11 is 1.39. The van der Waals surface area contributed by atoms with E-state index in [0.717, 1.165) is 10.2 Å². The van der Waals surface area contributed by atoms with Gasteiger partial charge in [-0.25, -0.2) is 4.98 Å². The minimum absolute atomic E-state index is 0.0753. The van der Waals surface area contributed by atoms with Crippen LogP contribution >= 0.6 is 11.3 Å². The van der Waals surface area contributed by atoms with Crippen LogP contribution in [0.15, 0.2) is 42.5 Å². The Morgan fingerprint density at radius 2 is 2.00 bits per heavy atom. The van der Waals surface area contributed by atoms with Crippen molar-refractivity contribution >= 4 is 38.1 Å². The van der Waals surface area contributed by atoms with Crippen LogP contribution in [0.4, 0.5) is 25.3 Å². The van der Waals surface area contributed by atoms with Gasteiger partial charge < -0.3 is 15.8 Å². The summed E-state index contributed by atoms with van der Waals surface area (Å²) in [7, 11) is 0. The van der Waals surface area contributed by atoms with Crippen LogP contribution in [0.1, 0.15) is 0 Å². The third-order valence-electron chi connectivity index (χ3n) is 2.76. The molecule has 0 amide bonds. The van der Waals surface area contributed by atoms with Crippen LogP contribution in [0.3, 0.4) is 0 Å². The number of nitrogens with one attached hydrogen (secondary N) is 1. The van der Waals surface area contributed by atoms with Gasteiger partial charge in [-0.1, -0.05) is 23.5 Å². The number of ether oxygens (including phenoxy) is 1. The first-order valence-electron chi connectivity index (χ1n) is 6.09. The van der Waals surface area contributed by atoms with Crippen molar-refractivity contribution in [3.8, 4) is 5.75 Å². The number of nitrogens with two attached hydrogens (primary N) is 1. The Morgan fingerprint density at radius 3 is 2.81 bits per heavy atom. The number of benzene rings is 2. The lowest BCUT2D eigenvalue weighted by atomic mass is 10.3. The first kappa shape index (κ1) is 13.6. The monoisotopic (exact) mass is 307 g/mol. The number of thiazole rings is 1. The minimum atomic E-state index is -2.87. The normalized spacial score (nSPS) is 11.0. The smallest absolute Gasteiger partial charge is 0.387 e. The summed E-state index contributed by atoms with van der Waals surface area (Å²) in [6.45, 7) is -2.87. The fraction of sp³-hybridized carbons (Fsp3) is 0.0714. The van der Waals surface area contributed by atoms with E-state index < -0.39 is 6.61 Å². The van der Waals surface area contributed by atoms with Crippen molar-refractivity contribution in [1.82, 2.24) is 4.98 Å². The van der Waals surface area contributed by atoms with Gasteiger partial charge in [0.05, 0.1) is 15.9 Å². The number of halogens is 2. The summed E-state index contributed by atoms with van der Waals surface area (Å²) < 4.78 is 30.1. The topological polar surface area (TPSA) is 60.2 Å². The Morgan fingerprint density at radius 1 is 1.19 bits per heavy atom. The number of aromatic nitrogens is 1. The quantitative estimate of drug-likeness (QED) is 0.708. The van der Waals surface area contributed by atoms with Gasteiger partial charge in [0, 0.05) is 5.69 Å². The molecule has 0 saturated heterocycles. The highest BCUT2D eigenvalue weighted by Gasteiger charge is 2.11. The maximum atomic E-state index is 12.4. The molecule has 1 aromatic heterocycles. The highest BCUT2D eigenvalue weighted by atomic mass is 32.1. The van der Waals surface area contributed by atoms with Gasteiger partial charge >= 0.3 is 6.61 Å². The second kappa shape index (κ2) is 5.53. The van der Waals surface area contributed by atoms with E-state index in [-0.39, 0.29) is 5.75 Å². The van der Waals surface area contributed by atoms with Gasteiger partial charge in [-0.05, 0) is 30.3 Å². The van der Waals surface area contributed by atoms with Crippen molar-refractivity contribution in [3.05, 3.63) is 42.5 Å². The number of hydrogen-bond acceptors (Lipinski definition) is 5. The molecular formula is C14H11F2N3OS. The van der Waals surface area contributed by atoms with Gasteiger partial charge in [0.25, 0.3) is 0 Å². The maximum absolute atomic E-state index is 12.4. The molecule has 21 heavy (non-hydrogen) atoms. The summed E-state index contributed by atoms with van der Waals surface area (Å²) in [5.41, 5.74) is 7.60. The van der Waals surface area contributed by atoms with Gasteiger partial charge in [0.15, 0.2) is 5.13 Å². The zero-order valence-corrected chi connectivity index (χ0v) is 11.5. The molecule has 0 atom stereocenters. The molecule has 3 N–H and O–H groups in total. The highest BCUT2D eigenvalue weighted by Crippen LogP contribution is 2.33. The Balaban J connectivity index is 1.91. The van der Waals surface area contributed by atoms with Crippen molar-refractivity contribution in [2.24, 2.45) is 0 Å². The number of rotatable bonds is 4. The van der Waals surface area contributed by atoms with Gasteiger partial charge in [-0.3, -0.25) is 0 Å². The van der Waals surface area contributed by atoms with E-state index >= 15 is 0 Å². The Hall–Kier alpha value is -2.41. The summed E-state index contributed by atoms with van der Waals surface area (Å²) in [5.74, 6) is 0.0753. The molecule has 0 fully saturated rings. The molecule has 0 spiro atoms. The van der Waals surface area contributed by atoms with Crippen molar-refractivity contribution in [1.29, 1.82) is 0 Å². The fourth-order valence-electron chi connectivity index (χ4n) is 1.88. The van der Waals surface area contributed by atoms with Crippen molar-refractivity contribution < 1.29 is 13.5 Å². The summed E-state index contributed by atoms with van der Waals surface area (Å²) in [4.78, 5) is 4.38. The second-order valence-electron chi connectivity index (χ2n) is 4.25. The van der Waals surface area contributed by atoms with E-state index in [1.807, 2.05) is 12.1 Å². The summed E-state index contributed by atoms with van der Waals surface area (Å²) in [6.07, 6.45) is 0. The van der Waals surface area contributed by atoms with E-state index in [2.05, 4.69) is 15.0 Å². The van der Waals surface area contributed by atoms with Crippen LogP contribution in [0.2, 0.25) is 0 Å². The van der Waals surface area contributed by atoms with Crippen molar-refractivity contribution in [2.75, 3.05) is 11.1 Å². The molecule has 0 aliphatic rings. The lowest BCUT2D eigenvalue weighted by molar-refractivity contribution is -0.0493. The van der Waals surface area contributed by atoms with E-state index in [0.29, 0.717) is 16.5 Å². The average molecular weight is 307 g/mol. The zero-order valence-electron chi connectivity index (χ0n) is 10.7. The van der Waals surface area contributed by atoms with Gasteiger partial charge in [0.2, 0.25) is 0 Å². The van der Waals surface area contributed by atoms with E-state index in [1.165, 1.54) is 17.4 Å². The number of para-hydroxylation sites is 2. The molecule has 1 heterocycles. The summed E-state index contributed by atoms with van der Waals surface area (Å²) in [5, 5.41) is 3.58. The van der Waals surface area contributed by atoms with Crippen LogP contribution in [0.5, 0.6) is 5.75 Å². The van der Waals surface area contributed by atoms with Gasteiger partial charge in [-0.2, -0.15) is 8.78 Å². The average Bonchev–Trinajstić information content (AvgIpc) is 2.82. The molecule has 0 saturated carbocycles. The molecule has 0 bridgehead atoms. The van der Waals surface area contributed by atoms with Crippen LogP contribution in [0, 0.1) is 0 Å². The molecule has 0 aliphatic carbocycles. The Bertz CT molecular complexity index is 776. The number of anilines is 3. The number of nitrogens with zero attached hydrogens (tertiary/aromatic N) is 1. The van der Waals surface area contributed by atoms with Crippen LogP contribution in [-0.4, -0.2) is 11.6 Å². The van der Waals surface area contributed by atoms with Crippen LogP contribution < -0.4 is 15.8 Å². The lowest BCUT2D eigenvalue weighted by Gasteiger charge is -2.10. The predicted molar refractivity (Wildman–Crippen MR) is 80.4 cm³/mol. The van der Waals surface area contributed by atoms with E-state index in [4.69, 9.17) is 5.73 Å². The fourth-order valence-corrected chi connectivity index (χ4v) is 2.81. The Kier molecular flexibility index (Phi) is 3.57. The molecule has 0 radical (unpaired) electrons. The molecule has 0 aliphatic heterocycles. The number of alkyl halides is 2. The minimum Gasteiger partial charge on any atom is -0.433 e. The highest BCUT2D eigenvalue weighted by molar-refractivity contribution is 7.22. The van der Waals surface area contributed by atoms with E-state index in [1.54, 1.807) is 24.3 Å². The van der Waals surface area contributed by atoms with Crippen LogP contribution in [0.25, 0.3) is 10.2 Å². The van der Waals surface area contributed by atoms with Crippen molar-refractivity contribution in [3.63, 3.8) is 0 Å². The predicted octanol–water partition coefficient (Wildman–Crippen LogP) is 4.22. The standard InChI is InChI=1S/C14H11F2N3OS/c15-13(16)20-11-4-2-1-3-9(11)18-14-19-10-6-5-8(17)7-12(10)21-14/h1-7,13H,17H2,(H,18,19).